The molecule has 1 N–H and O–H groups in total. The van der Waals surface area contributed by atoms with Crippen LogP contribution < -0.4 is 5.32 Å². The van der Waals surface area contributed by atoms with Crippen molar-refractivity contribution in [1.82, 2.24) is 10.3 Å². The van der Waals surface area contributed by atoms with E-state index in [0.717, 1.165) is 44.3 Å². The van der Waals surface area contributed by atoms with E-state index in [1.807, 2.05) is 12.4 Å². The van der Waals surface area contributed by atoms with E-state index in [0.29, 0.717) is 0 Å². The van der Waals surface area contributed by atoms with Crippen LogP contribution in [0.3, 0.4) is 0 Å². The molecule has 1 rings (SSSR count). The van der Waals surface area contributed by atoms with E-state index in [1.54, 1.807) is 11.3 Å². The summed E-state index contributed by atoms with van der Waals surface area (Å²) in [7, 11) is 0. The first kappa shape index (κ1) is 13.6. The maximum atomic E-state index is 5.52. The highest BCUT2D eigenvalue weighted by molar-refractivity contribution is 7.09. The third-order valence-corrected chi connectivity index (χ3v) is 3.33. The summed E-state index contributed by atoms with van der Waals surface area (Å²) in [6.45, 7) is 9.97. The third-order valence-electron chi connectivity index (χ3n) is 2.39. The van der Waals surface area contributed by atoms with Crippen LogP contribution >= 0.6 is 11.3 Å². The molecule has 1 heterocycles. The molecule has 0 amide bonds. The quantitative estimate of drug-likeness (QED) is 0.712. The Balaban J connectivity index is 1.94. The fraction of sp³-hybridized carbons (Fsp3) is 0.750. The van der Waals surface area contributed by atoms with E-state index in [-0.39, 0.29) is 0 Å². The Morgan fingerprint density at radius 3 is 2.88 bits per heavy atom. The molecule has 1 aromatic heterocycles. The normalized spacial score (nSPS) is 11.2. The zero-order valence-corrected chi connectivity index (χ0v) is 11.3. The topological polar surface area (TPSA) is 34.2 Å². The van der Waals surface area contributed by atoms with Crippen LogP contribution in [0.4, 0.5) is 0 Å². The number of aryl methyl sites for hydroxylation is 1. The lowest BCUT2D eigenvalue weighted by Crippen LogP contribution is -2.19. The summed E-state index contributed by atoms with van der Waals surface area (Å²) >= 11 is 1.71. The molecule has 3 nitrogen and oxygen atoms in total. The maximum absolute atomic E-state index is 5.52. The number of aromatic nitrogens is 1. The van der Waals surface area contributed by atoms with Crippen molar-refractivity contribution in [2.45, 2.75) is 33.7 Å². The molecule has 0 aromatic carbocycles. The Morgan fingerprint density at radius 1 is 1.44 bits per heavy atom. The molecular weight excluding hydrogens is 220 g/mol. The number of nitrogens with one attached hydrogen (secondary N) is 1. The highest BCUT2D eigenvalue weighted by Gasteiger charge is 1.99. The Labute approximate surface area is 102 Å². The molecule has 0 spiro atoms. The van der Waals surface area contributed by atoms with Gasteiger partial charge in [-0.2, -0.15) is 0 Å². The van der Waals surface area contributed by atoms with Crippen molar-refractivity contribution in [2.75, 3.05) is 19.8 Å². The Hall–Kier alpha value is -0.450. The highest BCUT2D eigenvalue weighted by Crippen LogP contribution is 2.10. The first-order valence-corrected chi connectivity index (χ1v) is 6.75. The van der Waals surface area contributed by atoms with Gasteiger partial charge in [0, 0.05) is 24.6 Å². The minimum atomic E-state index is 0.729. The van der Waals surface area contributed by atoms with Gasteiger partial charge in [0.2, 0.25) is 0 Å². The van der Waals surface area contributed by atoms with Crippen molar-refractivity contribution in [3.63, 3.8) is 0 Å². The second-order valence-electron chi connectivity index (χ2n) is 4.33. The molecule has 0 aliphatic carbocycles. The molecule has 16 heavy (non-hydrogen) atoms. The number of nitrogens with zero attached hydrogens (tertiary/aromatic N) is 1. The highest BCUT2D eigenvalue weighted by atomic mass is 32.1. The van der Waals surface area contributed by atoms with Crippen LogP contribution in [-0.4, -0.2) is 24.7 Å². The van der Waals surface area contributed by atoms with Crippen LogP contribution in [0.25, 0.3) is 0 Å². The van der Waals surface area contributed by atoms with Gasteiger partial charge in [-0.25, -0.2) is 4.98 Å². The minimum absolute atomic E-state index is 0.729. The molecule has 1 aromatic rings. The van der Waals surface area contributed by atoms with Gasteiger partial charge in [0.05, 0.1) is 17.8 Å². The molecule has 0 saturated carbocycles. The Bertz CT molecular complexity index is 286. The van der Waals surface area contributed by atoms with E-state index >= 15 is 0 Å². The Kier molecular flexibility index (Phi) is 6.61. The summed E-state index contributed by atoms with van der Waals surface area (Å²) in [5.41, 5.74) is 3.03. The van der Waals surface area contributed by atoms with E-state index in [1.165, 1.54) is 4.88 Å². The molecule has 0 aliphatic rings. The lowest BCUT2D eigenvalue weighted by Gasteiger charge is -2.07. The van der Waals surface area contributed by atoms with Crippen LogP contribution in [0, 0.1) is 12.8 Å². The summed E-state index contributed by atoms with van der Waals surface area (Å²) in [6, 6.07) is 0. The fourth-order valence-electron chi connectivity index (χ4n) is 1.26. The van der Waals surface area contributed by atoms with E-state index < -0.39 is 0 Å². The molecule has 0 unspecified atom stereocenters. The molecule has 0 saturated heterocycles. The lowest BCUT2D eigenvalue weighted by atomic mass is 10.1. The lowest BCUT2D eigenvalue weighted by molar-refractivity contribution is 0.125. The second-order valence-corrected chi connectivity index (χ2v) is 5.27. The SMILES string of the molecule is Cc1ncsc1CNCCOCCC(C)C. The van der Waals surface area contributed by atoms with E-state index in [9.17, 15) is 0 Å². The van der Waals surface area contributed by atoms with Gasteiger partial charge in [-0.3, -0.25) is 0 Å². The number of ether oxygens (including phenoxy) is 1. The van der Waals surface area contributed by atoms with Gasteiger partial charge < -0.3 is 10.1 Å². The molecular formula is C12H22N2OS. The molecule has 4 heteroatoms. The van der Waals surface area contributed by atoms with Crippen LogP contribution in [0.5, 0.6) is 0 Å². The summed E-state index contributed by atoms with van der Waals surface area (Å²) < 4.78 is 5.52. The standard InChI is InChI=1S/C12H22N2OS/c1-10(2)4-6-15-7-5-13-8-12-11(3)14-9-16-12/h9-10,13H,4-8H2,1-3H3. The number of hydrogen-bond donors (Lipinski definition) is 1. The Morgan fingerprint density at radius 2 is 2.25 bits per heavy atom. The summed E-state index contributed by atoms with van der Waals surface area (Å²) in [5, 5.41) is 3.36. The molecule has 0 fully saturated rings. The van der Waals surface area contributed by atoms with Gasteiger partial charge in [-0.1, -0.05) is 13.8 Å². The fourth-order valence-corrected chi connectivity index (χ4v) is 2.01. The zero-order chi connectivity index (χ0) is 11.8. The van der Waals surface area contributed by atoms with Crippen LogP contribution in [0.2, 0.25) is 0 Å². The zero-order valence-electron chi connectivity index (χ0n) is 10.5. The minimum Gasteiger partial charge on any atom is -0.380 e. The van der Waals surface area contributed by atoms with Crippen molar-refractivity contribution in [1.29, 1.82) is 0 Å². The predicted molar refractivity (Wildman–Crippen MR) is 68.8 cm³/mol. The van der Waals surface area contributed by atoms with Crippen molar-refractivity contribution in [2.24, 2.45) is 5.92 Å². The number of thiazole rings is 1. The largest absolute Gasteiger partial charge is 0.380 e. The molecule has 0 radical (unpaired) electrons. The van der Waals surface area contributed by atoms with Gasteiger partial charge in [0.15, 0.2) is 0 Å². The van der Waals surface area contributed by atoms with Gasteiger partial charge in [0.25, 0.3) is 0 Å². The smallest absolute Gasteiger partial charge is 0.0798 e. The van der Waals surface area contributed by atoms with E-state index in [4.69, 9.17) is 4.74 Å². The summed E-state index contributed by atoms with van der Waals surface area (Å²) in [6.07, 6.45) is 1.15. The summed E-state index contributed by atoms with van der Waals surface area (Å²) in [5.74, 6) is 0.729. The number of hydrogen-bond acceptors (Lipinski definition) is 4. The molecule has 92 valence electrons. The van der Waals surface area contributed by atoms with Gasteiger partial charge >= 0.3 is 0 Å². The third kappa shape index (κ3) is 5.58. The molecule has 0 bridgehead atoms. The van der Waals surface area contributed by atoms with Crippen LogP contribution in [0.1, 0.15) is 30.8 Å². The monoisotopic (exact) mass is 242 g/mol. The van der Waals surface area contributed by atoms with Crippen LogP contribution in [0.15, 0.2) is 5.51 Å². The van der Waals surface area contributed by atoms with Crippen molar-refractivity contribution >= 4 is 11.3 Å². The average molecular weight is 242 g/mol. The molecule has 0 aliphatic heterocycles. The van der Waals surface area contributed by atoms with E-state index in [2.05, 4.69) is 24.1 Å². The first-order valence-electron chi connectivity index (χ1n) is 5.87. The van der Waals surface area contributed by atoms with Gasteiger partial charge in [-0.05, 0) is 19.3 Å². The van der Waals surface area contributed by atoms with Gasteiger partial charge in [-0.15, -0.1) is 11.3 Å². The second kappa shape index (κ2) is 7.76. The summed E-state index contributed by atoms with van der Waals surface area (Å²) in [4.78, 5) is 5.53. The van der Waals surface area contributed by atoms with Crippen molar-refractivity contribution in [3.05, 3.63) is 16.1 Å². The maximum Gasteiger partial charge on any atom is 0.0798 e. The predicted octanol–water partition coefficient (Wildman–Crippen LogP) is 2.60. The number of rotatable bonds is 8. The van der Waals surface area contributed by atoms with Crippen molar-refractivity contribution in [3.8, 4) is 0 Å². The van der Waals surface area contributed by atoms with Crippen molar-refractivity contribution < 1.29 is 4.74 Å². The molecule has 0 atom stereocenters. The van der Waals surface area contributed by atoms with Gasteiger partial charge in [0.1, 0.15) is 0 Å². The van der Waals surface area contributed by atoms with Crippen LogP contribution in [-0.2, 0) is 11.3 Å². The first-order chi connectivity index (χ1) is 7.70. The average Bonchev–Trinajstić information content (AvgIpc) is 2.62.